The van der Waals surface area contributed by atoms with Crippen LogP contribution in [0.3, 0.4) is 0 Å². The van der Waals surface area contributed by atoms with Gasteiger partial charge in [-0.15, -0.1) is 12.4 Å². The Labute approximate surface area is 157 Å². The van der Waals surface area contributed by atoms with Gasteiger partial charge in [0.05, 0.1) is 17.0 Å². The van der Waals surface area contributed by atoms with E-state index in [9.17, 15) is 4.79 Å². The van der Waals surface area contributed by atoms with Gasteiger partial charge in [-0.1, -0.05) is 36.2 Å². The van der Waals surface area contributed by atoms with E-state index in [1.165, 1.54) is 4.68 Å². The maximum atomic E-state index is 12.6. The molecule has 0 radical (unpaired) electrons. The van der Waals surface area contributed by atoms with Gasteiger partial charge in [-0.05, 0) is 32.8 Å². The summed E-state index contributed by atoms with van der Waals surface area (Å²) in [5.41, 5.74) is 6.30. The average molecular weight is 376 g/mol. The molecule has 7 nitrogen and oxygen atoms in total. The summed E-state index contributed by atoms with van der Waals surface area (Å²) >= 11 is 0. The zero-order chi connectivity index (χ0) is 17.6. The predicted octanol–water partition coefficient (Wildman–Crippen LogP) is 3.18. The standard InChI is InChI=1S/C18H21N5O2.ClH/c1-11(2)23-16(24)13-8-4-3-7-12(13)14(21-23)15-20-17(22-25-15)18(19)9-5-6-10-18;/h3-4,7-8,11H,5-6,9-10,19H2,1-2H3;1H. The first kappa shape index (κ1) is 18.5. The molecule has 0 atom stereocenters. The lowest BCUT2D eigenvalue weighted by atomic mass is 9.99. The van der Waals surface area contributed by atoms with Gasteiger partial charge >= 0.3 is 0 Å². The molecule has 2 N–H and O–H groups in total. The number of hydrogen-bond acceptors (Lipinski definition) is 6. The number of rotatable bonds is 3. The van der Waals surface area contributed by atoms with E-state index < -0.39 is 5.54 Å². The van der Waals surface area contributed by atoms with Crippen molar-refractivity contribution in [3.63, 3.8) is 0 Å². The Kier molecular flexibility index (Phi) is 4.86. The third-order valence-corrected chi connectivity index (χ3v) is 4.89. The molecule has 0 bridgehead atoms. The third kappa shape index (κ3) is 2.91. The van der Waals surface area contributed by atoms with Crippen molar-refractivity contribution in [2.45, 2.75) is 51.1 Å². The molecule has 4 rings (SSSR count). The molecule has 2 heterocycles. The molecule has 0 amide bonds. The lowest BCUT2D eigenvalue weighted by molar-refractivity contribution is 0.371. The molecule has 1 aliphatic rings. The monoisotopic (exact) mass is 375 g/mol. The quantitative estimate of drug-likeness (QED) is 0.754. The van der Waals surface area contributed by atoms with E-state index in [-0.39, 0.29) is 24.0 Å². The second-order valence-corrected chi connectivity index (χ2v) is 7.02. The average Bonchev–Trinajstić information content (AvgIpc) is 3.25. The smallest absolute Gasteiger partial charge is 0.279 e. The number of halogens is 1. The van der Waals surface area contributed by atoms with Gasteiger partial charge in [0.15, 0.2) is 11.5 Å². The van der Waals surface area contributed by atoms with Gasteiger partial charge in [-0.3, -0.25) is 4.79 Å². The second-order valence-electron chi connectivity index (χ2n) is 7.02. The molecule has 2 aromatic heterocycles. The van der Waals surface area contributed by atoms with Crippen LogP contribution in [-0.2, 0) is 5.54 Å². The van der Waals surface area contributed by atoms with E-state index in [4.69, 9.17) is 10.3 Å². The summed E-state index contributed by atoms with van der Waals surface area (Å²) in [6.45, 7) is 3.83. The van der Waals surface area contributed by atoms with E-state index in [0.717, 1.165) is 25.7 Å². The Balaban J connectivity index is 0.00000196. The van der Waals surface area contributed by atoms with Crippen LogP contribution in [0.1, 0.15) is 51.4 Å². The highest BCUT2D eigenvalue weighted by molar-refractivity contribution is 5.91. The second kappa shape index (κ2) is 6.81. The summed E-state index contributed by atoms with van der Waals surface area (Å²) in [7, 11) is 0. The van der Waals surface area contributed by atoms with Crippen LogP contribution in [0.25, 0.3) is 22.4 Å². The van der Waals surface area contributed by atoms with Crippen LogP contribution in [0.15, 0.2) is 33.6 Å². The summed E-state index contributed by atoms with van der Waals surface area (Å²) in [5, 5.41) is 9.90. The van der Waals surface area contributed by atoms with Gasteiger partial charge in [0.2, 0.25) is 0 Å². The Bertz CT molecular complexity index is 989. The largest absolute Gasteiger partial charge is 0.332 e. The van der Waals surface area contributed by atoms with E-state index in [2.05, 4.69) is 15.2 Å². The molecular formula is C18H22ClN5O2. The molecule has 0 saturated heterocycles. The van der Waals surface area contributed by atoms with Gasteiger partial charge in [-0.25, -0.2) is 4.68 Å². The van der Waals surface area contributed by atoms with Gasteiger partial charge in [0, 0.05) is 5.39 Å². The third-order valence-electron chi connectivity index (χ3n) is 4.89. The van der Waals surface area contributed by atoms with Gasteiger partial charge in [0.25, 0.3) is 11.4 Å². The Hall–Kier alpha value is -2.25. The van der Waals surface area contributed by atoms with Crippen molar-refractivity contribution in [3.05, 3.63) is 40.4 Å². The van der Waals surface area contributed by atoms with E-state index in [0.29, 0.717) is 28.2 Å². The topological polar surface area (TPSA) is 99.8 Å². The molecule has 1 fully saturated rings. The van der Waals surface area contributed by atoms with Crippen molar-refractivity contribution in [2.75, 3.05) is 0 Å². The van der Waals surface area contributed by atoms with Crippen molar-refractivity contribution >= 4 is 23.2 Å². The maximum absolute atomic E-state index is 12.6. The molecular weight excluding hydrogens is 354 g/mol. The maximum Gasteiger partial charge on any atom is 0.279 e. The predicted molar refractivity (Wildman–Crippen MR) is 101 cm³/mol. The zero-order valence-electron chi connectivity index (χ0n) is 14.8. The molecule has 1 aromatic carbocycles. The number of hydrogen-bond donors (Lipinski definition) is 1. The number of aromatic nitrogens is 4. The van der Waals surface area contributed by atoms with Crippen LogP contribution >= 0.6 is 12.4 Å². The van der Waals surface area contributed by atoms with Crippen LogP contribution in [0.2, 0.25) is 0 Å². The molecule has 1 aliphatic carbocycles. The molecule has 0 unspecified atom stereocenters. The van der Waals surface area contributed by atoms with Crippen LogP contribution < -0.4 is 11.3 Å². The Morgan fingerprint density at radius 1 is 1.19 bits per heavy atom. The summed E-state index contributed by atoms with van der Waals surface area (Å²) in [6, 6.07) is 7.27. The highest BCUT2D eigenvalue weighted by Crippen LogP contribution is 2.35. The molecule has 3 aromatic rings. The molecule has 1 saturated carbocycles. The van der Waals surface area contributed by atoms with Crippen LogP contribution in [0.5, 0.6) is 0 Å². The van der Waals surface area contributed by atoms with E-state index in [1.807, 2.05) is 32.0 Å². The fourth-order valence-electron chi connectivity index (χ4n) is 3.47. The lowest BCUT2D eigenvalue weighted by Crippen LogP contribution is -2.34. The summed E-state index contributed by atoms with van der Waals surface area (Å²) in [6.07, 6.45) is 3.84. The molecule has 0 spiro atoms. The van der Waals surface area contributed by atoms with Gasteiger partial charge < -0.3 is 10.3 Å². The summed E-state index contributed by atoms with van der Waals surface area (Å²) in [4.78, 5) is 17.2. The van der Waals surface area contributed by atoms with Crippen molar-refractivity contribution in [3.8, 4) is 11.6 Å². The normalized spacial score (nSPS) is 16.2. The highest BCUT2D eigenvalue weighted by Gasteiger charge is 2.36. The van der Waals surface area contributed by atoms with Gasteiger partial charge in [-0.2, -0.15) is 10.1 Å². The lowest BCUT2D eigenvalue weighted by Gasteiger charge is -2.17. The van der Waals surface area contributed by atoms with Crippen LogP contribution in [0.4, 0.5) is 0 Å². The minimum absolute atomic E-state index is 0. The minimum atomic E-state index is -0.524. The molecule has 138 valence electrons. The van der Waals surface area contributed by atoms with Crippen molar-refractivity contribution in [1.82, 2.24) is 19.9 Å². The van der Waals surface area contributed by atoms with Crippen molar-refractivity contribution < 1.29 is 4.52 Å². The Morgan fingerprint density at radius 3 is 2.50 bits per heavy atom. The fraction of sp³-hybridized carbons (Fsp3) is 0.444. The Morgan fingerprint density at radius 2 is 1.85 bits per heavy atom. The highest BCUT2D eigenvalue weighted by atomic mass is 35.5. The van der Waals surface area contributed by atoms with Gasteiger partial charge in [0.1, 0.15) is 0 Å². The van der Waals surface area contributed by atoms with Crippen LogP contribution in [0, 0.1) is 0 Å². The first-order valence-corrected chi connectivity index (χ1v) is 8.64. The van der Waals surface area contributed by atoms with Crippen molar-refractivity contribution in [2.24, 2.45) is 5.73 Å². The number of fused-ring (bicyclic) bond motifs is 1. The zero-order valence-corrected chi connectivity index (χ0v) is 15.6. The summed E-state index contributed by atoms with van der Waals surface area (Å²) in [5.74, 6) is 0.825. The number of benzene rings is 1. The molecule has 8 heteroatoms. The molecule has 0 aliphatic heterocycles. The first-order valence-electron chi connectivity index (χ1n) is 8.64. The fourth-order valence-corrected chi connectivity index (χ4v) is 3.47. The molecule has 26 heavy (non-hydrogen) atoms. The minimum Gasteiger partial charge on any atom is -0.332 e. The first-order chi connectivity index (χ1) is 12.0. The summed E-state index contributed by atoms with van der Waals surface area (Å²) < 4.78 is 6.95. The number of nitrogens with zero attached hydrogens (tertiary/aromatic N) is 4. The van der Waals surface area contributed by atoms with Crippen molar-refractivity contribution in [1.29, 1.82) is 0 Å². The van der Waals surface area contributed by atoms with E-state index >= 15 is 0 Å². The van der Waals surface area contributed by atoms with E-state index in [1.54, 1.807) is 6.07 Å². The SMILES string of the molecule is CC(C)n1nc(-c2nc(C3(N)CCCC3)no2)c2ccccc2c1=O.Cl. The number of nitrogens with two attached hydrogens (primary N) is 1. The van der Waals surface area contributed by atoms with Crippen LogP contribution in [-0.4, -0.2) is 19.9 Å².